The molecule has 0 aromatic carbocycles. The lowest BCUT2D eigenvalue weighted by molar-refractivity contribution is -0.140. The standard InChI is InChI=1S/C4H8O2.CHClO2/c1-3(2)4(5)6;2-1(3)4/h3H,1-2H3,(H,5,6);(H,3,4). The molecule has 0 aromatic heterocycles. The Labute approximate surface area is 63.4 Å². The van der Waals surface area contributed by atoms with Gasteiger partial charge in [-0.25, -0.2) is 4.79 Å². The van der Waals surface area contributed by atoms with Crippen LogP contribution in [0.2, 0.25) is 0 Å². The van der Waals surface area contributed by atoms with Gasteiger partial charge in [0.25, 0.3) is 0 Å². The van der Waals surface area contributed by atoms with Crippen LogP contribution in [0, 0.1) is 5.92 Å². The molecule has 0 saturated carbocycles. The lowest BCUT2D eigenvalue weighted by Crippen LogP contribution is -2.03. The molecule has 60 valence electrons. The van der Waals surface area contributed by atoms with Crippen molar-refractivity contribution in [1.29, 1.82) is 0 Å². The summed E-state index contributed by atoms with van der Waals surface area (Å²) in [5, 5.41) is 15.2. The Balaban J connectivity index is 0. The van der Waals surface area contributed by atoms with Crippen LogP contribution in [-0.4, -0.2) is 21.6 Å². The maximum absolute atomic E-state index is 9.70. The fourth-order valence-electron chi connectivity index (χ4n) is 0. The van der Waals surface area contributed by atoms with Crippen LogP contribution >= 0.6 is 11.6 Å². The van der Waals surface area contributed by atoms with E-state index < -0.39 is 11.4 Å². The SMILES string of the molecule is CC(C)C(=O)O.O=C(O)Cl. The van der Waals surface area contributed by atoms with Crippen molar-refractivity contribution in [3.05, 3.63) is 0 Å². The van der Waals surface area contributed by atoms with Gasteiger partial charge in [0.05, 0.1) is 5.92 Å². The summed E-state index contributed by atoms with van der Waals surface area (Å²) in [5.74, 6) is -0.972. The van der Waals surface area contributed by atoms with Gasteiger partial charge in [-0.1, -0.05) is 13.8 Å². The fraction of sp³-hybridized carbons (Fsp3) is 0.600. The van der Waals surface area contributed by atoms with Gasteiger partial charge in [-0.2, -0.15) is 0 Å². The Bertz CT molecular complexity index is 117. The van der Waals surface area contributed by atoms with Gasteiger partial charge in [0.15, 0.2) is 0 Å². The van der Waals surface area contributed by atoms with Crippen molar-refractivity contribution < 1.29 is 19.8 Å². The van der Waals surface area contributed by atoms with E-state index in [1.165, 1.54) is 0 Å². The van der Waals surface area contributed by atoms with Crippen molar-refractivity contribution in [3.63, 3.8) is 0 Å². The fourth-order valence-corrected chi connectivity index (χ4v) is 0. The van der Waals surface area contributed by atoms with Gasteiger partial charge in [-0.3, -0.25) is 4.79 Å². The number of aliphatic carboxylic acids is 1. The van der Waals surface area contributed by atoms with Crippen LogP contribution < -0.4 is 0 Å². The molecule has 0 aliphatic heterocycles. The van der Waals surface area contributed by atoms with Gasteiger partial charge in [0.1, 0.15) is 0 Å². The summed E-state index contributed by atoms with van der Waals surface area (Å²) in [5.41, 5.74) is -1.36. The van der Waals surface area contributed by atoms with Crippen molar-refractivity contribution in [1.82, 2.24) is 0 Å². The highest BCUT2D eigenvalue weighted by Gasteiger charge is 1.99. The topological polar surface area (TPSA) is 74.6 Å². The third-order valence-electron chi connectivity index (χ3n) is 0.494. The van der Waals surface area contributed by atoms with Crippen molar-refractivity contribution >= 4 is 23.0 Å². The summed E-state index contributed by atoms with van der Waals surface area (Å²) in [6.45, 7) is 3.28. The Morgan fingerprint density at radius 3 is 1.40 bits per heavy atom. The number of carboxylic acids is 1. The molecule has 0 aromatic rings. The Hall–Kier alpha value is -0.770. The zero-order valence-corrected chi connectivity index (χ0v) is 6.42. The van der Waals surface area contributed by atoms with E-state index in [2.05, 4.69) is 11.6 Å². The predicted octanol–water partition coefficient (Wildman–Crippen LogP) is 1.63. The molecule has 10 heavy (non-hydrogen) atoms. The average Bonchev–Trinajstić information content (AvgIpc) is 1.63. The maximum atomic E-state index is 9.70. The zero-order chi connectivity index (χ0) is 8.73. The molecule has 0 aliphatic carbocycles. The summed E-state index contributed by atoms with van der Waals surface area (Å²) in [6.07, 6.45) is 0. The Morgan fingerprint density at radius 1 is 1.30 bits per heavy atom. The highest BCUT2D eigenvalue weighted by Crippen LogP contribution is 1.87. The number of rotatable bonds is 1. The smallest absolute Gasteiger partial charge is 0.401 e. The van der Waals surface area contributed by atoms with Gasteiger partial charge in [0.2, 0.25) is 0 Å². The largest absolute Gasteiger partial charge is 0.481 e. The molecule has 0 heterocycles. The van der Waals surface area contributed by atoms with Crippen LogP contribution in [0.25, 0.3) is 0 Å². The maximum Gasteiger partial charge on any atom is 0.401 e. The van der Waals surface area contributed by atoms with E-state index in [4.69, 9.17) is 15.0 Å². The molecule has 2 N–H and O–H groups in total. The van der Waals surface area contributed by atoms with E-state index in [0.29, 0.717) is 0 Å². The van der Waals surface area contributed by atoms with Crippen LogP contribution in [0.5, 0.6) is 0 Å². The number of hydrogen-bond acceptors (Lipinski definition) is 2. The van der Waals surface area contributed by atoms with E-state index in [1.54, 1.807) is 13.8 Å². The van der Waals surface area contributed by atoms with Crippen molar-refractivity contribution in [2.24, 2.45) is 5.92 Å². The monoisotopic (exact) mass is 168 g/mol. The van der Waals surface area contributed by atoms with Gasteiger partial charge in [0, 0.05) is 11.6 Å². The summed E-state index contributed by atoms with van der Waals surface area (Å²) in [7, 11) is 0. The molecular weight excluding hydrogens is 160 g/mol. The highest BCUT2D eigenvalue weighted by molar-refractivity contribution is 6.60. The molecule has 5 heteroatoms. The first-order valence-corrected chi connectivity index (χ1v) is 2.87. The normalized spacial score (nSPS) is 8.00. The lowest BCUT2D eigenvalue weighted by atomic mass is 10.2. The second-order valence-electron chi connectivity index (χ2n) is 1.75. The zero-order valence-electron chi connectivity index (χ0n) is 5.67. The quantitative estimate of drug-likeness (QED) is 0.584. The van der Waals surface area contributed by atoms with Gasteiger partial charge in [-0.05, 0) is 0 Å². The Kier molecular flexibility index (Phi) is 7.60. The van der Waals surface area contributed by atoms with Crippen LogP contribution in [0.1, 0.15) is 13.8 Å². The molecular formula is C5H9ClO4. The second kappa shape index (κ2) is 6.35. The summed E-state index contributed by atoms with van der Waals surface area (Å²) in [4.78, 5) is 18.5. The van der Waals surface area contributed by atoms with Gasteiger partial charge >= 0.3 is 11.4 Å². The minimum absolute atomic E-state index is 0.231. The number of hydrogen-bond donors (Lipinski definition) is 2. The second-order valence-corrected chi connectivity index (χ2v) is 2.07. The third kappa shape index (κ3) is 26.9. The highest BCUT2D eigenvalue weighted by atomic mass is 35.5. The summed E-state index contributed by atoms with van der Waals surface area (Å²) < 4.78 is 0. The molecule has 0 unspecified atom stereocenters. The van der Waals surface area contributed by atoms with Crippen LogP contribution in [0.4, 0.5) is 4.79 Å². The van der Waals surface area contributed by atoms with Gasteiger partial charge < -0.3 is 10.2 Å². The van der Waals surface area contributed by atoms with E-state index in [0.717, 1.165) is 0 Å². The molecule has 0 amide bonds. The molecule has 0 aliphatic rings. The summed E-state index contributed by atoms with van der Waals surface area (Å²) >= 11 is 4.19. The molecule has 0 fully saturated rings. The molecule has 0 rings (SSSR count). The van der Waals surface area contributed by atoms with Crippen molar-refractivity contribution in [2.45, 2.75) is 13.8 Å². The first kappa shape index (κ1) is 12.0. The van der Waals surface area contributed by atoms with E-state index >= 15 is 0 Å². The van der Waals surface area contributed by atoms with E-state index in [9.17, 15) is 4.79 Å². The molecule has 0 bridgehead atoms. The van der Waals surface area contributed by atoms with E-state index in [1.807, 2.05) is 0 Å². The van der Waals surface area contributed by atoms with Crippen molar-refractivity contribution in [3.8, 4) is 0 Å². The number of carboxylic acid groups (broad SMARTS) is 2. The molecule has 4 nitrogen and oxygen atoms in total. The lowest BCUT2D eigenvalue weighted by Gasteiger charge is -1.89. The van der Waals surface area contributed by atoms with E-state index in [-0.39, 0.29) is 5.92 Å². The average molecular weight is 169 g/mol. The third-order valence-corrected chi connectivity index (χ3v) is 0.494. The van der Waals surface area contributed by atoms with Crippen LogP contribution in [0.15, 0.2) is 0 Å². The minimum atomic E-state index is -1.36. The molecule has 0 saturated heterocycles. The van der Waals surface area contributed by atoms with Crippen LogP contribution in [0.3, 0.4) is 0 Å². The molecule has 0 atom stereocenters. The first-order valence-electron chi connectivity index (χ1n) is 2.49. The summed E-state index contributed by atoms with van der Waals surface area (Å²) in [6, 6.07) is 0. The molecule has 0 radical (unpaired) electrons. The first-order chi connectivity index (χ1) is 4.37. The van der Waals surface area contributed by atoms with Crippen molar-refractivity contribution in [2.75, 3.05) is 0 Å². The number of carbonyl (C=O) groups is 2. The number of halogens is 1. The van der Waals surface area contributed by atoms with Crippen LogP contribution in [-0.2, 0) is 4.79 Å². The molecule has 0 spiro atoms. The Morgan fingerprint density at radius 2 is 1.40 bits per heavy atom. The minimum Gasteiger partial charge on any atom is -0.481 e. The van der Waals surface area contributed by atoms with Gasteiger partial charge in [-0.15, -0.1) is 0 Å². The predicted molar refractivity (Wildman–Crippen MR) is 36.4 cm³/mol.